The van der Waals surface area contributed by atoms with Gasteiger partial charge in [0.1, 0.15) is 0 Å². The first-order valence-electron chi connectivity index (χ1n) is 6.46. The van der Waals surface area contributed by atoms with E-state index in [1.807, 2.05) is 11.9 Å². The highest BCUT2D eigenvalue weighted by atomic mass is 32.1. The van der Waals surface area contributed by atoms with E-state index in [2.05, 4.69) is 27.7 Å². The first kappa shape index (κ1) is 13.5. The van der Waals surface area contributed by atoms with E-state index in [1.54, 1.807) is 11.3 Å². The van der Waals surface area contributed by atoms with Gasteiger partial charge in [-0.2, -0.15) is 0 Å². The topological polar surface area (TPSA) is 35.6 Å². The summed E-state index contributed by atoms with van der Waals surface area (Å²) < 4.78 is 0. The zero-order valence-electron chi connectivity index (χ0n) is 10.9. The van der Waals surface area contributed by atoms with Crippen LogP contribution in [-0.2, 0) is 11.3 Å². The maximum Gasteiger partial charge on any atom is 0.236 e. The zero-order valence-corrected chi connectivity index (χ0v) is 11.7. The molecule has 1 N–H and O–H groups in total. The maximum atomic E-state index is 11.8. The van der Waals surface area contributed by atoms with Crippen molar-refractivity contribution >= 4 is 17.2 Å². The lowest BCUT2D eigenvalue weighted by atomic mass is 10.3. The van der Waals surface area contributed by atoms with Crippen LogP contribution < -0.4 is 5.32 Å². The Kier molecular flexibility index (Phi) is 5.16. The second-order valence-corrected chi connectivity index (χ2v) is 5.65. The highest BCUT2D eigenvalue weighted by molar-refractivity contribution is 7.09. The van der Waals surface area contributed by atoms with E-state index in [9.17, 15) is 4.79 Å². The van der Waals surface area contributed by atoms with Crippen molar-refractivity contribution in [3.8, 4) is 0 Å². The fourth-order valence-corrected chi connectivity index (χ4v) is 3.01. The fourth-order valence-electron chi connectivity index (χ4n) is 2.26. The van der Waals surface area contributed by atoms with Gasteiger partial charge >= 0.3 is 0 Å². The molecule has 0 aliphatic carbocycles. The Morgan fingerprint density at radius 1 is 1.39 bits per heavy atom. The molecule has 1 aromatic rings. The molecule has 4 nitrogen and oxygen atoms in total. The normalized spacial score (nSPS) is 17.7. The Balaban J connectivity index is 1.82. The molecule has 2 heterocycles. The molecule has 1 saturated heterocycles. The molecule has 5 heteroatoms. The molecule has 0 radical (unpaired) electrons. The molecule has 0 unspecified atom stereocenters. The molecule has 2 rings (SSSR count). The number of amides is 1. The van der Waals surface area contributed by atoms with Gasteiger partial charge in [0.2, 0.25) is 5.91 Å². The maximum absolute atomic E-state index is 11.8. The van der Waals surface area contributed by atoms with Gasteiger partial charge < -0.3 is 10.2 Å². The molecule has 0 aromatic carbocycles. The number of rotatable bonds is 4. The minimum Gasteiger partial charge on any atom is -0.340 e. The van der Waals surface area contributed by atoms with Gasteiger partial charge in [0.25, 0.3) is 0 Å². The van der Waals surface area contributed by atoms with E-state index in [0.717, 1.165) is 39.1 Å². The average Bonchev–Trinajstić information content (AvgIpc) is 2.74. The molecule has 18 heavy (non-hydrogen) atoms. The predicted molar refractivity (Wildman–Crippen MR) is 74.7 cm³/mol. The van der Waals surface area contributed by atoms with Gasteiger partial charge in [-0.1, -0.05) is 6.07 Å². The number of likely N-dealkylation sites (N-methyl/N-ethyl adjacent to an activating group) is 1. The number of hydrogen-bond donors (Lipinski definition) is 1. The Morgan fingerprint density at radius 3 is 3.00 bits per heavy atom. The van der Waals surface area contributed by atoms with Gasteiger partial charge in [-0.05, 0) is 24.9 Å². The van der Waals surface area contributed by atoms with Gasteiger partial charge in [0.05, 0.1) is 6.54 Å². The summed E-state index contributed by atoms with van der Waals surface area (Å²) in [6, 6.07) is 4.28. The Morgan fingerprint density at radius 2 is 2.28 bits per heavy atom. The minimum atomic E-state index is 0.218. The summed E-state index contributed by atoms with van der Waals surface area (Å²) >= 11 is 1.81. The first-order chi connectivity index (χ1) is 8.79. The molecule has 0 saturated carbocycles. The molecule has 0 spiro atoms. The highest BCUT2D eigenvalue weighted by Gasteiger charge is 2.18. The quantitative estimate of drug-likeness (QED) is 0.884. The van der Waals surface area contributed by atoms with E-state index in [1.165, 1.54) is 4.88 Å². The van der Waals surface area contributed by atoms with Crippen molar-refractivity contribution in [3.63, 3.8) is 0 Å². The standard InChI is InChI=1S/C13H21N3OS/c1-14-10-13(17)16-6-3-5-15(7-8-16)11-12-4-2-9-18-12/h2,4,9,14H,3,5-8,10-11H2,1H3. The molecule has 1 aromatic heterocycles. The third-order valence-corrected chi connectivity index (χ3v) is 4.09. The number of carbonyl (C=O) groups excluding carboxylic acids is 1. The number of thiophene rings is 1. The van der Waals surface area contributed by atoms with Gasteiger partial charge in [-0.15, -0.1) is 11.3 Å². The molecule has 1 aliphatic rings. The number of hydrogen-bond acceptors (Lipinski definition) is 4. The van der Waals surface area contributed by atoms with Crippen molar-refractivity contribution in [2.24, 2.45) is 0 Å². The summed E-state index contributed by atoms with van der Waals surface area (Å²) in [5, 5.41) is 5.05. The van der Waals surface area contributed by atoms with Crippen LogP contribution in [0.2, 0.25) is 0 Å². The Bertz CT molecular complexity index is 366. The molecule has 1 fully saturated rings. The van der Waals surface area contributed by atoms with E-state index in [-0.39, 0.29) is 5.91 Å². The fraction of sp³-hybridized carbons (Fsp3) is 0.615. The van der Waals surface area contributed by atoms with E-state index >= 15 is 0 Å². The second-order valence-electron chi connectivity index (χ2n) is 4.62. The molecule has 1 aliphatic heterocycles. The van der Waals surface area contributed by atoms with Crippen molar-refractivity contribution in [1.29, 1.82) is 0 Å². The Hall–Kier alpha value is -0.910. The monoisotopic (exact) mass is 267 g/mol. The summed E-state index contributed by atoms with van der Waals surface area (Å²) in [7, 11) is 1.82. The molecule has 0 bridgehead atoms. The van der Waals surface area contributed by atoms with E-state index in [0.29, 0.717) is 6.54 Å². The first-order valence-corrected chi connectivity index (χ1v) is 7.34. The van der Waals surface area contributed by atoms with Crippen LogP contribution in [-0.4, -0.2) is 55.5 Å². The van der Waals surface area contributed by atoms with Gasteiger partial charge in [0.15, 0.2) is 0 Å². The summed E-state index contributed by atoms with van der Waals surface area (Å²) in [5.41, 5.74) is 0. The van der Waals surface area contributed by atoms with Crippen LogP contribution in [0.4, 0.5) is 0 Å². The third-order valence-electron chi connectivity index (χ3n) is 3.23. The Labute approximate surface area is 113 Å². The molecular weight excluding hydrogens is 246 g/mol. The summed E-state index contributed by atoms with van der Waals surface area (Å²) in [6.45, 7) is 5.28. The van der Waals surface area contributed by atoms with Crippen LogP contribution in [0.5, 0.6) is 0 Å². The second kappa shape index (κ2) is 6.87. The lowest BCUT2D eigenvalue weighted by Crippen LogP contribution is -2.39. The van der Waals surface area contributed by atoms with Crippen LogP contribution >= 0.6 is 11.3 Å². The van der Waals surface area contributed by atoms with Crippen molar-refractivity contribution in [1.82, 2.24) is 15.1 Å². The van der Waals surface area contributed by atoms with E-state index < -0.39 is 0 Å². The van der Waals surface area contributed by atoms with Crippen LogP contribution in [0.3, 0.4) is 0 Å². The molecule has 100 valence electrons. The van der Waals surface area contributed by atoms with Crippen molar-refractivity contribution in [3.05, 3.63) is 22.4 Å². The van der Waals surface area contributed by atoms with Crippen molar-refractivity contribution in [2.75, 3.05) is 39.8 Å². The van der Waals surface area contributed by atoms with Gasteiger partial charge in [-0.3, -0.25) is 9.69 Å². The van der Waals surface area contributed by atoms with Crippen LogP contribution in [0, 0.1) is 0 Å². The zero-order chi connectivity index (χ0) is 12.8. The highest BCUT2D eigenvalue weighted by Crippen LogP contribution is 2.13. The van der Waals surface area contributed by atoms with E-state index in [4.69, 9.17) is 0 Å². The summed E-state index contributed by atoms with van der Waals surface area (Å²) in [4.78, 5) is 17.6. The van der Waals surface area contributed by atoms with Crippen LogP contribution in [0.1, 0.15) is 11.3 Å². The lowest BCUT2D eigenvalue weighted by Gasteiger charge is -2.21. The third kappa shape index (κ3) is 3.80. The van der Waals surface area contributed by atoms with Crippen molar-refractivity contribution in [2.45, 2.75) is 13.0 Å². The van der Waals surface area contributed by atoms with Crippen LogP contribution in [0.25, 0.3) is 0 Å². The molecule has 1 amide bonds. The van der Waals surface area contributed by atoms with Gasteiger partial charge in [-0.25, -0.2) is 0 Å². The number of nitrogens with zero attached hydrogens (tertiary/aromatic N) is 2. The predicted octanol–water partition coefficient (Wildman–Crippen LogP) is 1.00. The summed E-state index contributed by atoms with van der Waals surface area (Å²) in [6.07, 6.45) is 1.07. The van der Waals surface area contributed by atoms with Gasteiger partial charge in [0, 0.05) is 37.6 Å². The van der Waals surface area contributed by atoms with Crippen LogP contribution in [0.15, 0.2) is 17.5 Å². The molecular formula is C13H21N3OS. The largest absolute Gasteiger partial charge is 0.340 e. The summed E-state index contributed by atoms with van der Waals surface area (Å²) in [5.74, 6) is 0.218. The molecule has 0 atom stereocenters. The average molecular weight is 267 g/mol. The lowest BCUT2D eigenvalue weighted by molar-refractivity contribution is -0.130. The van der Waals surface area contributed by atoms with Crippen molar-refractivity contribution < 1.29 is 4.79 Å². The number of nitrogens with one attached hydrogen (secondary N) is 1. The minimum absolute atomic E-state index is 0.218. The number of carbonyl (C=O) groups is 1. The SMILES string of the molecule is CNCC(=O)N1CCCN(Cc2cccs2)CC1. The smallest absolute Gasteiger partial charge is 0.236 e.